The first-order valence-corrected chi connectivity index (χ1v) is 5.55. The first-order chi connectivity index (χ1) is 8.65. The number of hydrogen-bond donors (Lipinski definition) is 0. The minimum absolute atomic E-state index is 0.269. The van der Waals surface area contributed by atoms with Gasteiger partial charge in [0, 0.05) is 6.07 Å². The normalized spacial score (nSPS) is 10.1. The SMILES string of the molecule is CCOc1cc(C)nn1-c1ccc(C#N)cc1F. The lowest BCUT2D eigenvalue weighted by molar-refractivity contribution is 0.315. The molecule has 2 aromatic rings. The average Bonchev–Trinajstić information content (AvgIpc) is 2.70. The Labute approximate surface area is 104 Å². The predicted molar refractivity (Wildman–Crippen MR) is 64.1 cm³/mol. The van der Waals surface area contributed by atoms with Crippen molar-refractivity contribution in [1.29, 1.82) is 5.26 Å². The molecule has 0 aliphatic carbocycles. The Kier molecular flexibility index (Phi) is 3.28. The molecule has 0 atom stereocenters. The maximum absolute atomic E-state index is 13.9. The molecule has 0 amide bonds. The van der Waals surface area contributed by atoms with Gasteiger partial charge in [0.15, 0.2) is 0 Å². The van der Waals surface area contributed by atoms with Gasteiger partial charge in [0.25, 0.3) is 0 Å². The van der Waals surface area contributed by atoms with Crippen LogP contribution in [0, 0.1) is 24.1 Å². The van der Waals surface area contributed by atoms with Crippen molar-refractivity contribution in [3.63, 3.8) is 0 Å². The van der Waals surface area contributed by atoms with Crippen LogP contribution < -0.4 is 4.74 Å². The van der Waals surface area contributed by atoms with E-state index in [1.54, 1.807) is 19.1 Å². The highest BCUT2D eigenvalue weighted by molar-refractivity contribution is 5.42. The second kappa shape index (κ2) is 4.88. The van der Waals surface area contributed by atoms with E-state index in [2.05, 4.69) is 5.10 Å². The van der Waals surface area contributed by atoms with Gasteiger partial charge in [-0.3, -0.25) is 0 Å². The van der Waals surface area contributed by atoms with Crippen LogP contribution >= 0.6 is 0 Å². The lowest BCUT2D eigenvalue weighted by Gasteiger charge is -2.08. The molecule has 4 nitrogen and oxygen atoms in total. The molecule has 0 saturated heterocycles. The smallest absolute Gasteiger partial charge is 0.216 e. The number of aryl methyl sites for hydroxylation is 1. The molecule has 0 spiro atoms. The summed E-state index contributed by atoms with van der Waals surface area (Å²) in [5, 5.41) is 12.9. The van der Waals surface area contributed by atoms with Crippen LogP contribution in [-0.2, 0) is 0 Å². The molecule has 1 heterocycles. The predicted octanol–water partition coefficient (Wildman–Crippen LogP) is 2.59. The van der Waals surface area contributed by atoms with E-state index in [9.17, 15) is 4.39 Å². The number of nitrogens with zero attached hydrogens (tertiary/aromatic N) is 3. The van der Waals surface area contributed by atoms with Gasteiger partial charge in [0.1, 0.15) is 11.5 Å². The lowest BCUT2D eigenvalue weighted by Crippen LogP contribution is -2.04. The number of ether oxygens (including phenoxy) is 1. The zero-order valence-corrected chi connectivity index (χ0v) is 10.1. The molecule has 0 bridgehead atoms. The van der Waals surface area contributed by atoms with Gasteiger partial charge in [0.2, 0.25) is 5.88 Å². The summed E-state index contributed by atoms with van der Waals surface area (Å²) in [4.78, 5) is 0. The molecule has 0 aliphatic heterocycles. The van der Waals surface area contributed by atoms with Crippen LogP contribution in [0.15, 0.2) is 24.3 Å². The number of hydrogen-bond acceptors (Lipinski definition) is 3. The quantitative estimate of drug-likeness (QED) is 0.835. The molecular formula is C13H12FN3O. The van der Waals surface area contributed by atoms with E-state index < -0.39 is 5.82 Å². The number of benzene rings is 1. The topological polar surface area (TPSA) is 50.8 Å². The fourth-order valence-corrected chi connectivity index (χ4v) is 1.65. The molecule has 0 radical (unpaired) electrons. The van der Waals surface area contributed by atoms with Crippen molar-refractivity contribution in [2.45, 2.75) is 13.8 Å². The molecule has 5 heteroatoms. The summed E-state index contributed by atoms with van der Waals surface area (Å²) >= 11 is 0. The van der Waals surface area contributed by atoms with Crippen molar-refractivity contribution in [2.75, 3.05) is 6.61 Å². The van der Waals surface area contributed by atoms with Crippen molar-refractivity contribution >= 4 is 0 Å². The molecule has 1 aromatic carbocycles. The Balaban J connectivity index is 2.51. The highest BCUT2D eigenvalue weighted by Crippen LogP contribution is 2.22. The number of halogens is 1. The molecule has 0 saturated carbocycles. The van der Waals surface area contributed by atoms with Crippen LogP contribution in [0.1, 0.15) is 18.2 Å². The van der Waals surface area contributed by atoms with E-state index in [0.29, 0.717) is 12.5 Å². The standard InChI is InChI=1S/C13H12FN3O/c1-3-18-13-6-9(2)16-17(13)12-5-4-10(8-15)7-11(12)14/h4-7H,3H2,1-2H3. The third-order valence-electron chi connectivity index (χ3n) is 2.40. The number of aromatic nitrogens is 2. The molecule has 0 unspecified atom stereocenters. The highest BCUT2D eigenvalue weighted by Gasteiger charge is 2.12. The monoisotopic (exact) mass is 245 g/mol. The zero-order valence-electron chi connectivity index (χ0n) is 10.1. The van der Waals surface area contributed by atoms with E-state index in [0.717, 1.165) is 5.69 Å². The van der Waals surface area contributed by atoms with Crippen molar-refractivity contribution in [3.8, 4) is 17.6 Å². The maximum atomic E-state index is 13.9. The van der Waals surface area contributed by atoms with Gasteiger partial charge in [-0.2, -0.15) is 15.0 Å². The Morgan fingerprint density at radius 2 is 2.22 bits per heavy atom. The molecule has 0 aliphatic rings. The summed E-state index contributed by atoms with van der Waals surface area (Å²) in [5.41, 5.74) is 1.28. The first-order valence-electron chi connectivity index (χ1n) is 5.55. The van der Waals surface area contributed by atoms with Crippen LogP contribution in [-0.4, -0.2) is 16.4 Å². The minimum atomic E-state index is -0.502. The second-order valence-corrected chi connectivity index (χ2v) is 3.75. The van der Waals surface area contributed by atoms with Gasteiger partial charge in [-0.15, -0.1) is 0 Å². The summed E-state index contributed by atoms with van der Waals surface area (Å²) in [5.74, 6) is -0.0169. The Hall–Kier alpha value is -2.35. The fourth-order valence-electron chi connectivity index (χ4n) is 1.65. The maximum Gasteiger partial charge on any atom is 0.216 e. The molecule has 0 N–H and O–H groups in total. The summed E-state index contributed by atoms with van der Waals surface area (Å²) in [6.07, 6.45) is 0. The van der Waals surface area contributed by atoms with Gasteiger partial charge >= 0.3 is 0 Å². The van der Waals surface area contributed by atoms with Crippen LogP contribution in [0.3, 0.4) is 0 Å². The van der Waals surface area contributed by atoms with Crippen molar-refractivity contribution in [3.05, 3.63) is 41.3 Å². The van der Waals surface area contributed by atoms with Gasteiger partial charge in [-0.1, -0.05) is 0 Å². The summed E-state index contributed by atoms with van der Waals surface area (Å²) in [6, 6.07) is 7.87. The lowest BCUT2D eigenvalue weighted by atomic mass is 10.2. The molecule has 18 heavy (non-hydrogen) atoms. The van der Waals surface area contributed by atoms with Crippen LogP contribution in [0.4, 0.5) is 4.39 Å². The highest BCUT2D eigenvalue weighted by atomic mass is 19.1. The Morgan fingerprint density at radius 1 is 1.44 bits per heavy atom. The molecule has 0 fully saturated rings. The molecular weight excluding hydrogens is 233 g/mol. The van der Waals surface area contributed by atoms with Gasteiger partial charge in [-0.25, -0.2) is 4.39 Å². The Morgan fingerprint density at radius 3 is 2.83 bits per heavy atom. The number of rotatable bonds is 3. The molecule has 2 rings (SSSR count). The van der Waals surface area contributed by atoms with Crippen LogP contribution in [0.2, 0.25) is 0 Å². The zero-order chi connectivity index (χ0) is 13.1. The van der Waals surface area contributed by atoms with E-state index in [-0.39, 0.29) is 11.3 Å². The van der Waals surface area contributed by atoms with Gasteiger partial charge < -0.3 is 4.74 Å². The third-order valence-corrected chi connectivity index (χ3v) is 2.40. The summed E-state index contributed by atoms with van der Waals surface area (Å²) < 4.78 is 20.7. The molecule has 92 valence electrons. The van der Waals surface area contributed by atoms with Crippen molar-refractivity contribution in [2.24, 2.45) is 0 Å². The van der Waals surface area contributed by atoms with Gasteiger partial charge in [-0.05, 0) is 32.0 Å². The number of nitriles is 1. The van der Waals surface area contributed by atoms with E-state index >= 15 is 0 Å². The summed E-state index contributed by atoms with van der Waals surface area (Å²) in [7, 11) is 0. The second-order valence-electron chi connectivity index (χ2n) is 3.75. The van der Waals surface area contributed by atoms with Gasteiger partial charge in [0.05, 0.1) is 23.9 Å². The van der Waals surface area contributed by atoms with E-state index in [1.807, 2.05) is 13.0 Å². The molecule has 1 aromatic heterocycles. The first kappa shape index (κ1) is 12.1. The summed E-state index contributed by atoms with van der Waals surface area (Å²) in [6.45, 7) is 4.13. The van der Waals surface area contributed by atoms with E-state index in [4.69, 9.17) is 10.00 Å². The van der Waals surface area contributed by atoms with Crippen molar-refractivity contribution < 1.29 is 9.13 Å². The fraction of sp³-hybridized carbons (Fsp3) is 0.231. The van der Waals surface area contributed by atoms with E-state index in [1.165, 1.54) is 16.8 Å². The minimum Gasteiger partial charge on any atom is -0.478 e. The largest absolute Gasteiger partial charge is 0.478 e. The Bertz CT molecular complexity index is 613. The average molecular weight is 245 g/mol. The van der Waals surface area contributed by atoms with Crippen LogP contribution in [0.25, 0.3) is 5.69 Å². The third kappa shape index (κ3) is 2.18. The van der Waals surface area contributed by atoms with Crippen LogP contribution in [0.5, 0.6) is 5.88 Å². The van der Waals surface area contributed by atoms with Crippen molar-refractivity contribution in [1.82, 2.24) is 9.78 Å².